The maximum atomic E-state index is 10.8. The molecule has 1 aromatic rings. The van der Waals surface area contributed by atoms with Gasteiger partial charge >= 0.3 is 5.97 Å². The van der Waals surface area contributed by atoms with Gasteiger partial charge < -0.3 is 4.74 Å². The Labute approximate surface area is 84.7 Å². The van der Waals surface area contributed by atoms with Gasteiger partial charge in [0.1, 0.15) is 0 Å². The van der Waals surface area contributed by atoms with Crippen LogP contribution in [0.4, 0.5) is 0 Å². The van der Waals surface area contributed by atoms with Crippen molar-refractivity contribution >= 4 is 5.97 Å². The molecule has 0 aliphatic carbocycles. The number of hydrogen-bond acceptors (Lipinski definition) is 2. The van der Waals surface area contributed by atoms with Crippen molar-refractivity contribution in [2.24, 2.45) is 0 Å². The summed E-state index contributed by atoms with van der Waals surface area (Å²) < 4.78 is 4.50. The molecular formula is C8H8O2Zr. The van der Waals surface area contributed by atoms with Crippen LogP contribution >= 0.6 is 0 Å². The molecule has 0 aromatic heterocycles. The molecule has 0 saturated carbocycles. The molecule has 0 amide bonds. The topological polar surface area (TPSA) is 26.3 Å². The molecule has 0 radical (unpaired) electrons. The average Bonchev–Trinajstić information content (AvgIpc) is 2.05. The van der Waals surface area contributed by atoms with Gasteiger partial charge in [0.15, 0.2) is 0 Å². The molecular weight excluding hydrogens is 219 g/mol. The second-order valence-electron chi connectivity index (χ2n) is 1.86. The summed E-state index contributed by atoms with van der Waals surface area (Å²) in [5, 5.41) is 0. The molecule has 0 heterocycles. The molecule has 0 N–H and O–H groups in total. The fourth-order valence-corrected chi connectivity index (χ4v) is 0.692. The fraction of sp³-hybridized carbons (Fsp3) is 0.125. The molecule has 56 valence electrons. The van der Waals surface area contributed by atoms with Crippen molar-refractivity contribution in [3.63, 3.8) is 0 Å². The largest absolute Gasteiger partial charge is 0.465 e. The van der Waals surface area contributed by atoms with Crippen molar-refractivity contribution in [1.29, 1.82) is 0 Å². The van der Waals surface area contributed by atoms with Gasteiger partial charge in [-0.3, -0.25) is 0 Å². The van der Waals surface area contributed by atoms with Gasteiger partial charge in [-0.15, -0.1) is 0 Å². The SMILES string of the molecule is COC(=O)c1ccccc1.[Zr]. The van der Waals surface area contributed by atoms with E-state index in [1.54, 1.807) is 24.3 Å². The molecule has 0 spiro atoms. The van der Waals surface area contributed by atoms with Gasteiger partial charge in [-0.1, -0.05) is 18.2 Å². The van der Waals surface area contributed by atoms with Gasteiger partial charge in [0.25, 0.3) is 0 Å². The van der Waals surface area contributed by atoms with Gasteiger partial charge in [0.05, 0.1) is 12.7 Å². The first-order valence-corrected chi connectivity index (χ1v) is 2.98. The number of esters is 1. The Kier molecular flexibility index (Phi) is 5.05. The van der Waals surface area contributed by atoms with Gasteiger partial charge in [0, 0.05) is 26.2 Å². The van der Waals surface area contributed by atoms with Crippen LogP contribution in [0, 0.1) is 0 Å². The molecule has 0 bridgehead atoms. The maximum absolute atomic E-state index is 10.8. The van der Waals surface area contributed by atoms with Crippen LogP contribution in [-0.4, -0.2) is 13.1 Å². The zero-order valence-corrected chi connectivity index (χ0v) is 8.66. The summed E-state index contributed by atoms with van der Waals surface area (Å²) in [4.78, 5) is 10.8. The van der Waals surface area contributed by atoms with E-state index in [1.165, 1.54) is 7.11 Å². The molecule has 3 heteroatoms. The quantitative estimate of drug-likeness (QED) is 0.679. The van der Waals surface area contributed by atoms with E-state index in [-0.39, 0.29) is 32.2 Å². The standard InChI is InChI=1S/C8H8O2.Zr/c1-10-8(9)7-5-3-2-4-6-7;/h2-6H,1H3;. The van der Waals surface area contributed by atoms with Crippen LogP contribution in [0.1, 0.15) is 10.4 Å². The van der Waals surface area contributed by atoms with Crippen LogP contribution in [-0.2, 0) is 30.9 Å². The summed E-state index contributed by atoms with van der Waals surface area (Å²) in [6.45, 7) is 0. The Hall–Kier alpha value is -0.427. The maximum Gasteiger partial charge on any atom is 0.337 e. The predicted octanol–water partition coefficient (Wildman–Crippen LogP) is 1.47. The number of methoxy groups -OCH3 is 1. The summed E-state index contributed by atoms with van der Waals surface area (Å²) in [7, 11) is 1.37. The van der Waals surface area contributed by atoms with Crippen LogP contribution in [0.15, 0.2) is 30.3 Å². The second-order valence-corrected chi connectivity index (χ2v) is 1.86. The number of carbonyl (C=O) groups excluding carboxylic acids is 1. The van der Waals surface area contributed by atoms with Crippen LogP contribution in [0.2, 0.25) is 0 Å². The molecule has 0 atom stereocenters. The summed E-state index contributed by atoms with van der Waals surface area (Å²) in [5.74, 6) is -0.291. The first-order chi connectivity index (χ1) is 4.84. The van der Waals surface area contributed by atoms with Gasteiger partial charge in [-0.2, -0.15) is 0 Å². The van der Waals surface area contributed by atoms with Crippen molar-refractivity contribution < 1.29 is 35.7 Å². The van der Waals surface area contributed by atoms with E-state index < -0.39 is 0 Å². The van der Waals surface area contributed by atoms with E-state index in [2.05, 4.69) is 4.74 Å². The number of carbonyl (C=O) groups is 1. The third-order valence-corrected chi connectivity index (χ3v) is 1.19. The summed E-state index contributed by atoms with van der Waals surface area (Å²) >= 11 is 0. The third kappa shape index (κ3) is 2.98. The Morgan fingerprint density at radius 1 is 1.27 bits per heavy atom. The fourth-order valence-electron chi connectivity index (χ4n) is 0.692. The van der Waals surface area contributed by atoms with E-state index in [0.29, 0.717) is 5.56 Å². The molecule has 11 heavy (non-hydrogen) atoms. The van der Waals surface area contributed by atoms with Gasteiger partial charge in [0.2, 0.25) is 0 Å². The first kappa shape index (κ1) is 10.6. The molecule has 2 nitrogen and oxygen atoms in total. The number of hydrogen-bond donors (Lipinski definition) is 0. The summed E-state index contributed by atoms with van der Waals surface area (Å²) in [5.41, 5.74) is 0.588. The average molecular weight is 227 g/mol. The monoisotopic (exact) mass is 226 g/mol. The predicted molar refractivity (Wildman–Crippen MR) is 37.8 cm³/mol. The van der Waals surface area contributed by atoms with Crippen LogP contribution in [0.5, 0.6) is 0 Å². The minimum atomic E-state index is -0.291. The van der Waals surface area contributed by atoms with Crippen molar-refractivity contribution in [2.75, 3.05) is 7.11 Å². The summed E-state index contributed by atoms with van der Waals surface area (Å²) in [6, 6.07) is 8.88. The Balaban J connectivity index is 0.000001000. The minimum absolute atomic E-state index is 0. The van der Waals surface area contributed by atoms with Crippen LogP contribution in [0.25, 0.3) is 0 Å². The Morgan fingerprint density at radius 3 is 2.27 bits per heavy atom. The van der Waals surface area contributed by atoms with Crippen molar-refractivity contribution in [1.82, 2.24) is 0 Å². The normalized spacial score (nSPS) is 8.09. The minimum Gasteiger partial charge on any atom is -0.465 e. The van der Waals surface area contributed by atoms with E-state index in [0.717, 1.165) is 0 Å². The van der Waals surface area contributed by atoms with E-state index >= 15 is 0 Å². The smallest absolute Gasteiger partial charge is 0.337 e. The van der Waals surface area contributed by atoms with Crippen LogP contribution < -0.4 is 0 Å². The van der Waals surface area contributed by atoms with Gasteiger partial charge in [-0.25, -0.2) is 4.79 Å². The second kappa shape index (κ2) is 5.25. The molecule has 1 aromatic carbocycles. The zero-order valence-electron chi connectivity index (χ0n) is 6.20. The number of ether oxygens (including phenoxy) is 1. The number of benzene rings is 1. The summed E-state index contributed by atoms with van der Waals surface area (Å²) in [6.07, 6.45) is 0. The first-order valence-electron chi connectivity index (χ1n) is 2.98. The molecule has 0 aliphatic heterocycles. The van der Waals surface area contributed by atoms with Crippen molar-refractivity contribution in [3.8, 4) is 0 Å². The van der Waals surface area contributed by atoms with E-state index in [4.69, 9.17) is 0 Å². The van der Waals surface area contributed by atoms with E-state index in [1.807, 2.05) is 6.07 Å². The molecule has 0 fully saturated rings. The Bertz CT molecular complexity index is 221. The molecule has 1 rings (SSSR count). The molecule has 0 unspecified atom stereocenters. The van der Waals surface area contributed by atoms with Gasteiger partial charge in [-0.05, 0) is 12.1 Å². The third-order valence-electron chi connectivity index (χ3n) is 1.19. The molecule has 0 aliphatic rings. The zero-order chi connectivity index (χ0) is 7.40. The van der Waals surface area contributed by atoms with Crippen LogP contribution in [0.3, 0.4) is 0 Å². The molecule has 0 saturated heterocycles. The Morgan fingerprint density at radius 2 is 1.82 bits per heavy atom. The van der Waals surface area contributed by atoms with E-state index in [9.17, 15) is 4.79 Å². The van der Waals surface area contributed by atoms with Crippen molar-refractivity contribution in [2.45, 2.75) is 0 Å². The van der Waals surface area contributed by atoms with Crippen molar-refractivity contribution in [3.05, 3.63) is 35.9 Å². The number of rotatable bonds is 1.